The normalized spacial score (nSPS) is 21.9. The van der Waals surface area contributed by atoms with Crippen molar-refractivity contribution in [3.63, 3.8) is 0 Å². The number of hydrogen-bond donors (Lipinski definition) is 3. The number of thioether (sulfide) groups is 3. The minimum absolute atomic E-state index is 0. The Balaban J connectivity index is 0.000000272. The van der Waals surface area contributed by atoms with Gasteiger partial charge < -0.3 is 15.2 Å². The van der Waals surface area contributed by atoms with Crippen LogP contribution in [0.1, 0.15) is 141 Å². The number of halogens is 1. The van der Waals surface area contributed by atoms with E-state index in [9.17, 15) is 14.4 Å². The van der Waals surface area contributed by atoms with Crippen molar-refractivity contribution in [2.24, 2.45) is 30.7 Å². The van der Waals surface area contributed by atoms with Gasteiger partial charge in [0, 0.05) is 48.3 Å². The zero-order valence-corrected chi connectivity index (χ0v) is 45.4. The summed E-state index contributed by atoms with van der Waals surface area (Å²) in [6.45, 7) is 22.8. The zero-order valence-electron chi connectivity index (χ0n) is 42.2. The molecule has 0 radical (unpaired) electrons. The Hall–Kier alpha value is -4.64. The number of amides is 2. The zero-order chi connectivity index (χ0) is 49.8. The number of benzene rings is 3. The van der Waals surface area contributed by atoms with Crippen LogP contribution in [0.4, 0.5) is 9.59 Å². The Morgan fingerprint density at radius 1 is 0.588 bits per heavy atom. The average molecular weight is 1010 g/mol. The fourth-order valence-corrected chi connectivity index (χ4v) is 10.2. The van der Waals surface area contributed by atoms with E-state index in [1.807, 2.05) is 93.6 Å². The molecule has 0 bridgehead atoms. The summed E-state index contributed by atoms with van der Waals surface area (Å²) in [4.78, 5) is 58.2. The Bertz CT molecular complexity index is 2430. The second-order valence-corrected chi connectivity index (χ2v) is 22.4. The van der Waals surface area contributed by atoms with Gasteiger partial charge in [0.2, 0.25) is 0 Å². The maximum atomic E-state index is 12.0. The summed E-state index contributed by atoms with van der Waals surface area (Å²) in [5, 5.41) is 7.34. The van der Waals surface area contributed by atoms with Crippen molar-refractivity contribution in [2.45, 2.75) is 130 Å². The predicted octanol–water partition coefficient (Wildman–Crippen LogP) is 11.7. The lowest BCUT2D eigenvalue weighted by Gasteiger charge is -2.31. The molecule has 3 aromatic carbocycles. The van der Waals surface area contributed by atoms with Crippen LogP contribution in [0.2, 0.25) is 0 Å². The molecule has 3 aliphatic rings. The smallest absolute Gasteiger partial charge is 0.413 e. The Morgan fingerprint density at radius 2 is 0.926 bits per heavy atom. The molecule has 68 heavy (non-hydrogen) atoms. The van der Waals surface area contributed by atoms with Crippen LogP contribution in [0.5, 0.6) is 0 Å². The van der Waals surface area contributed by atoms with E-state index >= 15 is 0 Å². The van der Waals surface area contributed by atoms with Gasteiger partial charge in [0.05, 0.1) is 16.6 Å². The van der Waals surface area contributed by atoms with Crippen LogP contribution in [0.25, 0.3) is 0 Å². The van der Waals surface area contributed by atoms with Gasteiger partial charge in [-0.25, -0.2) is 9.59 Å². The van der Waals surface area contributed by atoms with Crippen molar-refractivity contribution in [3.05, 3.63) is 106 Å². The van der Waals surface area contributed by atoms with E-state index in [2.05, 4.69) is 81.9 Å². The minimum atomic E-state index is -0.552. The van der Waals surface area contributed by atoms with Crippen LogP contribution in [-0.4, -0.2) is 87.5 Å². The number of nitrogens with one attached hydrogen (secondary N) is 2. The Morgan fingerprint density at radius 3 is 1.26 bits per heavy atom. The molecular formula is C51H71ClN8O5S3. The van der Waals surface area contributed by atoms with Gasteiger partial charge in [-0.05, 0) is 148 Å². The van der Waals surface area contributed by atoms with Crippen LogP contribution >= 0.6 is 47.7 Å². The fraction of sp³-hybridized carbons (Fsp3) is 0.490. The van der Waals surface area contributed by atoms with Gasteiger partial charge in [0.1, 0.15) is 11.2 Å². The first kappa shape index (κ1) is 57.7. The van der Waals surface area contributed by atoms with Crippen LogP contribution in [-0.2, 0) is 26.1 Å². The molecule has 0 saturated carbocycles. The number of carbonyl (C=O) groups is 3. The molecule has 0 spiro atoms. The quantitative estimate of drug-likeness (QED) is 0.160. The highest BCUT2D eigenvalue weighted by molar-refractivity contribution is 8.14. The summed E-state index contributed by atoms with van der Waals surface area (Å²) in [6, 6.07) is 24.3. The van der Waals surface area contributed by atoms with Gasteiger partial charge in [0.25, 0.3) is 0 Å². The molecule has 13 nitrogen and oxygen atoms in total. The van der Waals surface area contributed by atoms with Crippen molar-refractivity contribution in [1.82, 2.24) is 10.6 Å². The molecule has 0 aromatic heterocycles. The second kappa shape index (κ2) is 24.8. The summed E-state index contributed by atoms with van der Waals surface area (Å²) in [5.41, 5.74) is 12.0. The highest BCUT2D eigenvalue weighted by Crippen LogP contribution is 2.38. The number of alkyl carbamates (subject to hydrolysis) is 2. The summed E-state index contributed by atoms with van der Waals surface area (Å²) in [7, 11) is 3.61. The van der Waals surface area contributed by atoms with Gasteiger partial charge in [-0.3, -0.25) is 40.4 Å². The molecule has 2 amide bonds. The molecule has 0 saturated heterocycles. The van der Waals surface area contributed by atoms with E-state index in [1.54, 1.807) is 43.6 Å². The summed E-state index contributed by atoms with van der Waals surface area (Å²) in [6.07, 6.45) is 1.78. The third-order valence-electron chi connectivity index (χ3n) is 11.1. The lowest BCUT2D eigenvalue weighted by molar-refractivity contribution is 0.0552. The van der Waals surface area contributed by atoms with E-state index in [0.717, 1.165) is 70.2 Å². The molecule has 370 valence electrons. The van der Waals surface area contributed by atoms with Crippen LogP contribution < -0.4 is 16.4 Å². The summed E-state index contributed by atoms with van der Waals surface area (Å²) >= 11 is 4.67. The van der Waals surface area contributed by atoms with Crippen LogP contribution in [0, 0.1) is 0 Å². The molecule has 3 aromatic rings. The Labute approximate surface area is 423 Å². The lowest BCUT2D eigenvalue weighted by atomic mass is 9.88. The topological polar surface area (TPSA) is 182 Å². The molecule has 3 aliphatic heterocycles. The maximum absolute atomic E-state index is 12.0. The minimum Gasteiger partial charge on any atom is -0.444 e. The third-order valence-corrected chi connectivity index (χ3v) is 13.7. The highest BCUT2D eigenvalue weighted by Gasteiger charge is 2.34. The molecule has 3 heterocycles. The number of aliphatic imine (C=N–C) groups is 5. The lowest BCUT2D eigenvalue weighted by Crippen LogP contribution is -2.38. The first-order valence-electron chi connectivity index (χ1n) is 22.4. The van der Waals surface area contributed by atoms with Crippen molar-refractivity contribution in [1.29, 1.82) is 0 Å². The van der Waals surface area contributed by atoms with Gasteiger partial charge in [-0.1, -0.05) is 89.9 Å². The number of amidine groups is 3. The third kappa shape index (κ3) is 17.4. The number of hydrogen-bond acceptors (Lipinski definition) is 14. The van der Waals surface area contributed by atoms with Crippen LogP contribution in [0.15, 0.2) is 97.8 Å². The molecule has 3 unspecified atom stereocenters. The largest absolute Gasteiger partial charge is 0.444 e. The highest BCUT2D eigenvalue weighted by atomic mass is 35.5. The van der Waals surface area contributed by atoms with Gasteiger partial charge in [-0.15, -0.1) is 12.4 Å². The molecule has 0 fully saturated rings. The first-order valence-corrected chi connectivity index (χ1v) is 25.4. The van der Waals surface area contributed by atoms with Crippen molar-refractivity contribution < 1.29 is 23.9 Å². The number of rotatable bonds is 6. The fourth-order valence-electron chi connectivity index (χ4n) is 7.03. The van der Waals surface area contributed by atoms with Gasteiger partial charge in [0.15, 0.2) is 21.3 Å². The molecule has 4 N–H and O–H groups in total. The second-order valence-electron chi connectivity index (χ2n) is 19.1. The monoisotopic (exact) mass is 1010 g/mol. The molecule has 6 rings (SSSR count). The van der Waals surface area contributed by atoms with Gasteiger partial charge in [-0.2, -0.15) is 0 Å². The van der Waals surface area contributed by atoms with Crippen molar-refractivity contribution in [3.8, 4) is 0 Å². The number of nitrogens with two attached hydrogens (primary N) is 1. The number of ether oxygens (including phenoxy) is 2. The molecule has 3 atom stereocenters. The molecule has 17 heteroatoms. The van der Waals surface area contributed by atoms with E-state index in [0.29, 0.717) is 21.1 Å². The average Bonchev–Trinajstić information content (AvgIpc) is 3.25. The summed E-state index contributed by atoms with van der Waals surface area (Å²) < 4.78 is 10.6. The number of Topliss-reactive ketones (excluding diaryl/α,β-unsaturated/α-hetero) is 1. The number of ketones is 1. The van der Waals surface area contributed by atoms with E-state index < -0.39 is 28.9 Å². The maximum Gasteiger partial charge on any atom is 0.413 e. The van der Waals surface area contributed by atoms with E-state index in [1.165, 1.54) is 17.3 Å². The van der Waals surface area contributed by atoms with Gasteiger partial charge >= 0.3 is 12.2 Å². The molecular weight excluding hydrogens is 936 g/mol. The summed E-state index contributed by atoms with van der Waals surface area (Å²) in [5.74, 6) is 2.77. The first-order chi connectivity index (χ1) is 31.3. The van der Waals surface area contributed by atoms with E-state index in [-0.39, 0.29) is 29.3 Å². The standard InChI is InChI=1S/C19H27N3O2S.C18H24N2O3S.C14H19N3S.ClH/c1-13(20-6)14-8-7-9-15(12-14)19(5)10-11-25-16(22-19)21-17(23)24-18(2,3)4;1-12(21)13-7-6-8-14(11-13)18(5)9-10-24-15(20-18)19-16(22)23-17(2,3)4;1-10(16-3)11-5-4-6-12(9-11)14(2)7-8-18-13(15)17-14;/h7-9,12H,10-11H2,1-6H3,(H,21,22,23);6-8,11H,9-10H2,1-5H3,(H,19,20,22);4-6,9H,7-8H2,1-3H3,(H2,15,17);1H. The van der Waals surface area contributed by atoms with Crippen molar-refractivity contribution >= 4 is 92.6 Å². The number of nitrogens with zero attached hydrogens (tertiary/aromatic N) is 5. The Kier molecular flexibility index (Phi) is 21.0. The number of carbonyl (C=O) groups excluding carboxylic acids is 3. The van der Waals surface area contributed by atoms with Crippen molar-refractivity contribution in [2.75, 3.05) is 31.4 Å². The van der Waals surface area contributed by atoms with E-state index in [4.69, 9.17) is 25.2 Å². The molecule has 0 aliphatic carbocycles. The SMILES string of the molecule is CC(=O)c1cccc(C2(C)CCSC(NC(=O)OC(C)(C)C)=N2)c1.CN=C(C)c1cccc(C2(C)CCSC(N)=N2)c1.CN=C(C)c1cccc(C2(C)CCSC(NC(=O)OC(C)(C)C)=N2)c1.Cl. The van der Waals surface area contributed by atoms with Crippen LogP contribution in [0.3, 0.4) is 0 Å². The predicted molar refractivity (Wildman–Crippen MR) is 291 cm³/mol.